The van der Waals surface area contributed by atoms with Crippen LogP contribution in [0.5, 0.6) is 11.5 Å². The third-order valence-electron chi connectivity index (χ3n) is 5.44. The van der Waals surface area contributed by atoms with Crippen molar-refractivity contribution >= 4 is 34.2 Å². The fraction of sp³-hybridized carbons (Fsp3) is 0. The highest BCUT2D eigenvalue weighted by Gasteiger charge is 2.17. The summed E-state index contributed by atoms with van der Waals surface area (Å²) in [5.74, 6) is -0.636. The Morgan fingerprint density at radius 1 is 1.00 bits per heavy atom. The van der Waals surface area contributed by atoms with Crippen LogP contribution in [0.2, 0.25) is 5.02 Å². The van der Waals surface area contributed by atoms with Crippen LogP contribution < -0.4 is 15.7 Å². The minimum absolute atomic E-state index is 0.00310. The molecule has 0 radical (unpaired) electrons. The third-order valence-corrected chi connectivity index (χ3v) is 5.73. The molecule has 178 valence electrons. The van der Waals surface area contributed by atoms with Crippen LogP contribution in [0.3, 0.4) is 0 Å². The molecule has 2 heterocycles. The molecular formula is C27H18ClFN4O3. The van der Waals surface area contributed by atoms with E-state index in [2.05, 4.69) is 16.9 Å². The van der Waals surface area contributed by atoms with Crippen LogP contribution in [-0.4, -0.2) is 20.0 Å². The number of hydrogen-bond donors (Lipinski definition) is 1. The van der Waals surface area contributed by atoms with Gasteiger partial charge in [-0.2, -0.15) is 0 Å². The monoisotopic (exact) mass is 500 g/mol. The maximum Gasteiger partial charge on any atom is 0.338 e. The minimum atomic E-state index is -0.653. The fourth-order valence-corrected chi connectivity index (χ4v) is 3.98. The number of aromatic nitrogens is 3. The smallest absolute Gasteiger partial charge is 0.338 e. The van der Waals surface area contributed by atoms with E-state index >= 15 is 0 Å². The number of amides is 1. The van der Waals surface area contributed by atoms with Gasteiger partial charge < -0.3 is 10.1 Å². The Balaban J connectivity index is 1.56. The van der Waals surface area contributed by atoms with Gasteiger partial charge in [0.05, 0.1) is 33.6 Å². The molecule has 2 aromatic heterocycles. The van der Waals surface area contributed by atoms with Gasteiger partial charge >= 0.3 is 5.69 Å². The van der Waals surface area contributed by atoms with Crippen LogP contribution in [0.25, 0.3) is 22.4 Å². The number of carbonyl (C=O) groups excluding carboxylic acids is 1. The average Bonchev–Trinajstić information content (AvgIpc) is 3.19. The Labute approximate surface area is 209 Å². The van der Waals surface area contributed by atoms with Crippen molar-refractivity contribution < 1.29 is 13.9 Å². The summed E-state index contributed by atoms with van der Waals surface area (Å²) < 4.78 is 22.9. The SMILES string of the molecule is C=CC(=O)Nc1cccc(-n2c(=O)n(-c3ccc(Oc4cccc(Cl)c4F)cc3)c3cnccc32)c1. The number of nitrogens with zero attached hydrogens (tertiary/aromatic N) is 3. The molecule has 0 spiro atoms. The number of imidazole rings is 1. The number of hydrogen-bond acceptors (Lipinski definition) is 4. The molecular weight excluding hydrogens is 483 g/mol. The first kappa shape index (κ1) is 23.1. The molecule has 5 aromatic rings. The zero-order chi connectivity index (χ0) is 25.2. The highest BCUT2D eigenvalue weighted by molar-refractivity contribution is 6.30. The molecule has 0 saturated heterocycles. The molecule has 0 aliphatic heterocycles. The molecule has 0 atom stereocenters. The number of fused-ring (bicyclic) bond motifs is 1. The van der Waals surface area contributed by atoms with Gasteiger partial charge in [-0.3, -0.25) is 18.9 Å². The van der Waals surface area contributed by atoms with Crippen LogP contribution in [0, 0.1) is 5.82 Å². The van der Waals surface area contributed by atoms with Crippen molar-refractivity contribution in [3.8, 4) is 22.9 Å². The molecule has 36 heavy (non-hydrogen) atoms. The second-order valence-corrected chi connectivity index (χ2v) is 8.12. The Morgan fingerprint density at radius 3 is 2.53 bits per heavy atom. The number of benzene rings is 3. The lowest BCUT2D eigenvalue weighted by atomic mass is 10.2. The molecule has 0 fully saturated rings. The number of pyridine rings is 1. The van der Waals surface area contributed by atoms with E-state index < -0.39 is 5.82 Å². The zero-order valence-corrected chi connectivity index (χ0v) is 19.4. The Hall–Kier alpha value is -4.69. The molecule has 3 aromatic carbocycles. The first-order valence-electron chi connectivity index (χ1n) is 10.8. The van der Waals surface area contributed by atoms with Crippen molar-refractivity contribution in [1.29, 1.82) is 0 Å². The summed E-state index contributed by atoms with van der Waals surface area (Å²) in [6, 6.07) is 19.8. The predicted molar refractivity (Wildman–Crippen MR) is 137 cm³/mol. The van der Waals surface area contributed by atoms with Crippen molar-refractivity contribution in [1.82, 2.24) is 14.1 Å². The van der Waals surface area contributed by atoms with Crippen molar-refractivity contribution in [2.45, 2.75) is 0 Å². The summed E-state index contributed by atoms with van der Waals surface area (Å²) in [7, 11) is 0. The molecule has 0 saturated carbocycles. The molecule has 1 N–H and O–H groups in total. The van der Waals surface area contributed by atoms with Gasteiger partial charge in [0, 0.05) is 11.9 Å². The van der Waals surface area contributed by atoms with E-state index in [0.29, 0.717) is 33.8 Å². The number of carbonyl (C=O) groups is 1. The van der Waals surface area contributed by atoms with Crippen LogP contribution >= 0.6 is 11.6 Å². The number of ether oxygens (including phenoxy) is 1. The van der Waals surface area contributed by atoms with E-state index in [-0.39, 0.29) is 22.4 Å². The topological polar surface area (TPSA) is 78.2 Å². The first-order chi connectivity index (χ1) is 17.5. The number of anilines is 1. The van der Waals surface area contributed by atoms with Crippen molar-refractivity contribution in [2.24, 2.45) is 0 Å². The molecule has 0 aliphatic rings. The molecule has 5 rings (SSSR count). The van der Waals surface area contributed by atoms with Gasteiger partial charge in [0.25, 0.3) is 0 Å². The minimum Gasteiger partial charge on any atom is -0.454 e. The second-order valence-electron chi connectivity index (χ2n) is 7.71. The van der Waals surface area contributed by atoms with E-state index in [1.54, 1.807) is 73.1 Å². The summed E-state index contributed by atoms with van der Waals surface area (Å²) in [6.45, 7) is 3.46. The van der Waals surface area contributed by atoms with Gasteiger partial charge in [0.1, 0.15) is 5.75 Å². The van der Waals surface area contributed by atoms with E-state index in [4.69, 9.17) is 16.3 Å². The predicted octanol–water partition coefficient (Wildman–Crippen LogP) is 5.89. The highest BCUT2D eigenvalue weighted by atomic mass is 35.5. The van der Waals surface area contributed by atoms with Gasteiger partial charge in [0.2, 0.25) is 5.91 Å². The lowest BCUT2D eigenvalue weighted by Gasteiger charge is -2.09. The van der Waals surface area contributed by atoms with Crippen LogP contribution in [-0.2, 0) is 4.79 Å². The van der Waals surface area contributed by atoms with E-state index in [0.717, 1.165) is 0 Å². The normalized spacial score (nSPS) is 10.8. The molecule has 1 amide bonds. The van der Waals surface area contributed by atoms with Crippen LogP contribution in [0.15, 0.2) is 103 Å². The van der Waals surface area contributed by atoms with Gasteiger partial charge in [-0.05, 0) is 66.7 Å². The lowest BCUT2D eigenvalue weighted by molar-refractivity contribution is -0.111. The van der Waals surface area contributed by atoms with E-state index in [1.165, 1.54) is 27.3 Å². The summed E-state index contributed by atoms with van der Waals surface area (Å²) in [4.78, 5) is 29.6. The third kappa shape index (κ3) is 4.25. The van der Waals surface area contributed by atoms with Gasteiger partial charge in [-0.25, -0.2) is 9.18 Å². The van der Waals surface area contributed by atoms with E-state index in [1.807, 2.05) is 0 Å². The summed E-state index contributed by atoms with van der Waals surface area (Å²) in [6.07, 6.45) is 4.37. The van der Waals surface area contributed by atoms with Crippen LogP contribution in [0.1, 0.15) is 0 Å². The molecule has 0 aliphatic carbocycles. The molecule has 0 unspecified atom stereocenters. The Bertz CT molecular complexity index is 1680. The summed E-state index contributed by atoms with van der Waals surface area (Å²) in [5, 5.41) is 2.66. The number of nitrogens with one attached hydrogen (secondary N) is 1. The maximum atomic E-state index is 14.2. The average molecular weight is 501 g/mol. The summed E-state index contributed by atoms with van der Waals surface area (Å²) in [5.41, 5.74) is 2.52. The maximum absolute atomic E-state index is 14.2. The summed E-state index contributed by atoms with van der Waals surface area (Å²) >= 11 is 5.83. The number of halogens is 2. The van der Waals surface area contributed by atoms with Crippen molar-refractivity contribution in [2.75, 3.05) is 5.32 Å². The Morgan fingerprint density at radius 2 is 1.75 bits per heavy atom. The Kier molecular flexibility index (Phi) is 6.10. The first-order valence-corrected chi connectivity index (χ1v) is 11.2. The quantitative estimate of drug-likeness (QED) is 0.295. The second kappa shape index (κ2) is 9.52. The van der Waals surface area contributed by atoms with Gasteiger partial charge in [-0.15, -0.1) is 0 Å². The highest BCUT2D eigenvalue weighted by Crippen LogP contribution is 2.30. The standard InChI is InChI=1S/C27H18ClFN4O3/c1-2-25(34)31-17-5-3-6-19(15-17)33-22-13-14-30-16-23(22)32(27(33)35)18-9-11-20(12-10-18)36-24-8-4-7-21(28)26(24)29/h2-16H,1H2,(H,31,34). The fourth-order valence-electron chi connectivity index (χ4n) is 3.81. The van der Waals surface area contributed by atoms with Crippen LogP contribution in [0.4, 0.5) is 10.1 Å². The van der Waals surface area contributed by atoms with Gasteiger partial charge in [0.15, 0.2) is 11.6 Å². The zero-order valence-electron chi connectivity index (χ0n) is 18.7. The number of rotatable bonds is 6. The molecule has 9 heteroatoms. The molecule has 7 nitrogen and oxygen atoms in total. The van der Waals surface area contributed by atoms with Gasteiger partial charge in [-0.1, -0.05) is 30.3 Å². The van der Waals surface area contributed by atoms with E-state index in [9.17, 15) is 14.0 Å². The lowest BCUT2D eigenvalue weighted by Crippen LogP contribution is -2.22. The van der Waals surface area contributed by atoms with Crippen molar-refractivity contribution in [3.05, 3.63) is 119 Å². The molecule has 0 bridgehead atoms. The van der Waals surface area contributed by atoms with Crippen molar-refractivity contribution in [3.63, 3.8) is 0 Å². The largest absolute Gasteiger partial charge is 0.454 e.